The van der Waals surface area contributed by atoms with Crippen molar-refractivity contribution >= 4 is 5.78 Å². The van der Waals surface area contributed by atoms with Crippen LogP contribution in [0.15, 0.2) is 23.3 Å². The lowest BCUT2D eigenvalue weighted by Crippen LogP contribution is -2.49. The molecule has 0 aromatic heterocycles. The summed E-state index contributed by atoms with van der Waals surface area (Å²) in [6.07, 6.45) is 8.34. The van der Waals surface area contributed by atoms with Gasteiger partial charge >= 0.3 is 0 Å². The summed E-state index contributed by atoms with van der Waals surface area (Å²) < 4.78 is 0. The highest BCUT2D eigenvalue weighted by Gasteiger charge is 2.57. The number of hydrogen-bond donors (Lipinski definition) is 2. The highest BCUT2D eigenvalue weighted by molar-refractivity contribution is 5.87. The number of carbonyl (C=O) groups is 1. The van der Waals surface area contributed by atoms with E-state index in [1.54, 1.807) is 0 Å². The van der Waals surface area contributed by atoms with E-state index in [-0.39, 0.29) is 28.8 Å². The molecule has 2 N–H and O–H groups in total. The van der Waals surface area contributed by atoms with E-state index in [9.17, 15) is 15.0 Å². The van der Waals surface area contributed by atoms with Crippen molar-refractivity contribution in [3.63, 3.8) is 0 Å². The van der Waals surface area contributed by atoms with Crippen molar-refractivity contribution in [2.24, 2.45) is 22.7 Å². The molecule has 0 aliphatic heterocycles. The summed E-state index contributed by atoms with van der Waals surface area (Å²) in [5.74, 6) is 0.740. The number of ketones is 1. The molecule has 1 unspecified atom stereocenters. The molecule has 2 fully saturated rings. The van der Waals surface area contributed by atoms with Crippen LogP contribution >= 0.6 is 0 Å². The lowest BCUT2D eigenvalue weighted by Gasteiger charge is -2.53. The number of carbonyl (C=O) groups excluding carboxylic acids is 1. The SMILES string of the molecule is C[C@]12CC[C@H](O)CC1=C[C@H](O)[C@@H]1C2=CC[C@]2(C)C(=O)CCC12. The van der Waals surface area contributed by atoms with Crippen LogP contribution in [0.5, 0.6) is 0 Å². The molecular weight excluding hydrogens is 276 g/mol. The molecule has 6 atom stereocenters. The zero-order valence-electron chi connectivity index (χ0n) is 13.5. The van der Waals surface area contributed by atoms with Gasteiger partial charge in [0.25, 0.3) is 0 Å². The van der Waals surface area contributed by atoms with E-state index in [4.69, 9.17) is 0 Å². The molecule has 0 spiro atoms. The van der Waals surface area contributed by atoms with Gasteiger partial charge in [-0.2, -0.15) is 0 Å². The zero-order chi connectivity index (χ0) is 15.7. The normalized spacial score (nSPS) is 50.6. The second-order valence-corrected chi connectivity index (χ2v) is 8.29. The Morgan fingerprint density at radius 1 is 1.23 bits per heavy atom. The highest BCUT2D eigenvalue weighted by Crippen LogP contribution is 2.61. The van der Waals surface area contributed by atoms with E-state index < -0.39 is 6.10 Å². The first kappa shape index (κ1) is 14.6. The third-order valence-electron chi connectivity index (χ3n) is 7.20. The van der Waals surface area contributed by atoms with Crippen molar-refractivity contribution in [2.45, 2.75) is 64.6 Å². The predicted octanol–water partition coefficient (Wildman–Crippen LogP) is 2.77. The molecule has 2 saturated carbocycles. The maximum atomic E-state index is 12.4. The molecular formula is C19H26O3. The van der Waals surface area contributed by atoms with Gasteiger partial charge in [0.05, 0.1) is 12.2 Å². The van der Waals surface area contributed by atoms with Crippen molar-refractivity contribution in [3.05, 3.63) is 23.3 Å². The molecule has 120 valence electrons. The molecule has 4 aliphatic carbocycles. The van der Waals surface area contributed by atoms with Crippen LogP contribution < -0.4 is 0 Å². The molecule has 22 heavy (non-hydrogen) atoms. The molecule has 0 radical (unpaired) electrons. The Balaban J connectivity index is 1.80. The second-order valence-electron chi connectivity index (χ2n) is 8.29. The molecule has 0 aromatic rings. The quantitative estimate of drug-likeness (QED) is 0.677. The Bertz CT molecular complexity index is 589. The van der Waals surface area contributed by atoms with Gasteiger partial charge in [0.15, 0.2) is 0 Å². The number of rotatable bonds is 0. The molecule has 4 rings (SSSR count). The predicted molar refractivity (Wildman–Crippen MR) is 84.1 cm³/mol. The van der Waals surface area contributed by atoms with Gasteiger partial charge in [-0.3, -0.25) is 4.79 Å². The molecule has 0 aromatic carbocycles. The van der Waals surface area contributed by atoms with E-state index >= 15 is 0 Å². The summed E-state index contributed by atoms with van der Waals surface area (Å²) in [5, 5.41) is 20.8. The van der Waals surface area contributed by atoms with Gasteiger partial charge in [-0.1, -0.05) is 37.1 Å². The summed E-state index contributed by atoms with van der Waals surface area (Å²) in [4.78, 5) is 12.4. The summed E-state index contributed by atoms with van der Waals surface area (Å²) in [5.41, 5.74) is 2.26. The van der Waals surface area contributed by atoms with Gasteiger partial charge in [-0.25, -0.2) is 0 Å². The van der Waals surface area contributed by atoms with Gasteiger partial charge in [-0.15, -0.1) is 0 Å². The smallest absolute Gasteiger partial charge is 0.139 e. The van der Waals surface area contributed by atoms with E-state index in [0.717, 1.165) is 25.7 Å². The van der Waals surface area contributed by atoms with Crippen molar-refractivity contribution in [1.82, 2.24) is 0 Å². The lowest BCUT2D eigenvalue weighted by molar-refractivity contribution is -0.127. The number of fused-ring (bicyclic) bond motifs is 5. The first-order valence-corrected chi connectivity index (χ1v) is 8.67. The second kappa shape index (κ2) is 4.55. The van der Waals surface area contributed by atoms with Crippen LogP contribution in [0.1, 0.15) is 52.4 Å². The molecule has 3 heteroatoms. The molecule has 0 amide bonds. The Morgan fingerprint density at radius 3 is 2.77 bits per heavy atom. The monoisotopic (exact) mass is 302 g/mol. The average molecular weight is 302 g/mol. The molecule has 0 bridgehead atoms. The van der Waals surface area contributed by atoms with Gasteiger partial charge < -0.3 is 10.2 Å². The van der Waals surface area contributed by atoms with Crippen LogP contribution in [0.4, 0.5) is 0 Å². The van der Waals surface area contributed by atoms with Crippen LogP contribution in [0, 0.1) is 22.7 Å². The first-order chi connectivity index (χ1) is 10.4. The van der Waals surface area contributed by atoms with Crippen molar-refractivity contribution in [1.29, 1.82) is 0 Å². The summed E-state index contributed by atoms with van der Waals surface area (Å²) in [6, 6.07) is 0. The molecule has 0 heterocycles. The minimum atomic E-state index is -0.504. The largest absolute Gasteiger partial charge is 0.393 e. The number of allylic oxidation sites excluding steroid dienone is 1. The third-order valence-corrected chi connectivity index (χ3v) is 7.20. The lowest BCUT2D eigenvalue weighted by atomic mass is 9.52. The van der Waals surface area contributed by atoms with Crippen molar-refractivity contribution < 1.29 is 15.0 Å². The van der Waals surface area contributed by atoms with Crippen LogP contribution in [0.25, 0.3) is 0 Å². The Hall–Kier alpha value is -0.930. The topological polar surface area (TPSA) is 57.5 Å². The van der Waals surface area contributed by atoms with Crippen LogP contribution in [-0.2, 0) is 4.79 Å². The number of aliphatic hydroxyl groups is 2. The Morgan fingerprint density at radius 2 is 2.00 bits per heavy atom. The number of aliphatic hydroxyl groups excluding tert-OH is 2. The molecule has 4 aliphatic rings. The van der Waals surface area contributed by atoms with E-state index in [1.165, 1.54) is 11.1 Å². The van der Waals surface area contributed by atoms with Crippen LogP contribution in [0.2, 0.25) is 0 Å². The van der Waals surface area contributed by atoms with E-state index in [1.807, 2.05) is 6.08 Å². The maximum Gasteiger partial charge on any atom is 0.139 e. The number of Topliss-reactive ketones (excluding diaryl/α,β-unsaturated/α-hetero) is 1. The average Bonchev–Trinajstić information content (AvgIpc) is 2.77. The summed E-state index contributed by atoms with van der Waals surface area (Å²) >= 11 is 0. The van der Waals surface area contributed by atoms with Gasteiger partial charge in [0.1, 0.15) is 5.78 Å². The first-order valence-electron chi connectivity index (χ1n) is 8.67. The van der Waals surface area contributed by atoms with Crippen LogP contribution in [-0.4, -0.2) is 28.2 Å². The molecule has 0 saturated heterocycles. The fourth-order valence-electron chi connectivity index (χ4n) is 5.72. The standard InChI is InChI=1S/C19H26O3/c1-18-7-5-12(20)9-11(18)10-15(21)17-13-3-4-16(22)19(13,2)8-6-14(17)18/h6,10,12-13,15,17,20-21H,3-5,7-9H2,1-2H3/t12-,13?,15-,17-,18-,19-/m0/s1. The third kappa shape index (κ3) is 1.73. The summed E-state index contributed by atoms with van der Waals surface area (Å²) in [6.45, 7) is 4.37. The van der Waals surface area contributed by atoms with Crippen molar-refractivity contribution in [2.75, 3.05) is 0 Å². The van der Waals surface area contributed by atoms with Gasteiger partial charge in [0, 0.05) is 23.2 Å². The Kier molecular flexibility index (Phi) is 3.03. The minimum absolute atomic E-state index is 0.0178. The zero-order valence-corrected chi connectivity index (χ0v) is 13.5. The Labute approximate surface area is 132 Å². The van der Waals surface area contributed by atoms with Crippen molar-refractivity contribution in [3.8, 4) is 0 Å². The van der Waals surface area contributed by atoms with Crippen LogP contribution in [0.3, 0.4) is 0 Å². The fourth-order valence-corrected chi connectivity index (χ4v) is 5.72. The van der Waals surface area contributed by atoms with Gasteiger partial charge in [0.2, 0.25) is 0 Å². The maximum absolute atomic E-state index is 12.4. The number of hydrogen-bond acceptors (Lipinski definition) is 3. The highest BCUT2D eigenvalue weighted by atomic mass is 16.3. The van der Waals surface area contributed by atoms with Gasteiger partial charge in [-0.05, 0) is 38.0 Å². The fraction of sp³-hybridized carbons (Fsp3) is 0.737. The van der Waals surface area contributed by atoms with E-state index in [0.29, 0.717) is 18.6 Å². The summed E-state index contributed by atoms with van der Waals surface area (Å²) in [7, 11) is 0. The molecule has 3 nitrogen and oxygen atoms in total. The van der Waals surface area contributed by atoms with E-state index in [2.05, 4.69) is 19.9 Å². The minimum Gasteiger partial charge on any atom is -0.393 e.